The van der Waals surface area contributed by atoms with Crippen molar-refractivity contribution in [1.82, 2.24) is 24.6 Å². The lowest BCUT2D eigenvalue weighted by molar-refractivity contribution is 0.202. The van der Waals surface area contributed by atoms with Crippen molar-refractivity contribution < 1.29 is 0 Å². The van der Waals surface area contributed by atoms with Crippen LogP contribution in [0.5, 0.6) is 0 Å². The Labute approximate surface area is 135 Å². The van der Waals surface area contributed by atoms with Crippen LogP contribution >= 0.6 is 0 Å². The summed E-state index contributed by atoms with van der Waals surface area (Å²) < 4.78 is 1.39. The van der Waals surface area contributed by atoms with E-state index in [1.807, 2.05) is 12.1 Å². The van der Waals surface area contributed by atoms with Gasteiger partial charge in [0.15, 0.2) is 0 Å². The highest BCUT2D eigenvalue weighted by Crippen LogP contribution is 2.20. The van der Waals surface area contributed by atoms with Crippen LogP contribution in [0.25, 0.3) is 0 Å². The van der Waals surface area contributed by atoms with Gasteiger partial charge in [-0.05, 0) is 25.0 Å². The second kappa shape index (κ2) is 6.87. The first-order chi connectivity index (χ1) is 11.1. The van der Waals surface area contributed by atoms with Crippen LogP contribution in [-0.4, -0.2) is 50.8 Å². The topological polar surface area (TPSA) is 67.2 Å². The Bertz CT molecular complexity index is 693. The van der Waals surface area contributed by atoms with Gasteiger partial charge in [-0.1, -0.05) is 0 Å². The Morgan fingerprint density at radius 1 is 1.26 bits per heavy atom. The van der Waals surface area contributed by atoms with E-state index in [1.54, 1.807) is 25.8 Å². The number of anilines is 1. The van der Waals surface area contributed by atoms with Gasteiger partial charge < -0.3 is 4.90 Å². The molecule has 0 N–H and O–H groups in total. The summed E-state index contributed by atoms with van der Waals surface area (Å²) in [5.41, 5.74) is 0.804. The van der Waals surface area contributed by atoms with E-state index in [9.17, 15) is 4.79 Å². The molecule has 2 aromatic heterocycles. The molecule has 23 heavy (non-hydrogen) atoms. The number of aryl methyl sites for hydroxylation is 1. The molecule has 0 bridgehead atoms. The maximum atomic E-state index is 12.1. The standard InChI is InChI=1S/C16H22N6O/c1-20(15-4-7-17-12-18-15)14-5-9-22(10-6-14)11-13-3-8-19-21(2)16(13)23/h3-4,7-8,12,14H,5-6,9-11H2,1-2H3. The highest BCUT2D eigenvalue weighted by Gasteiger charge is 2.23. The Morgan fingerprint density at radius 2 is 2.04 bits per heavy atom. The van der Waals surface area contributed by atoms with Crippen molar-refractivity contribution in [1.29, 1.82) is 0 Å². The second-order valence-corrected chi connectivity index (χ2v) is 5.97. The molecule has 1 aliphatic heterocycles. The number of rotatable bonds is 4. The van der Waals surface area contributed by atoms with E-state index < -0.39 is 0 Å². The van der Waals surface area contributed by atoms with Crippen molar-refractivity contribution in [3.63, 3.8) is 0 Å². The quantitative estimate of drug-likeness (QED) is 0.826. The number of hydrogen-bond donors (Lipinski definition) is 0. The van der Waals surface area contributed by atoms with Gasteiger partial charge in [0.2, 0.25) is 0 Å². The predicted octanol–water partition coefficient (Wildman–Crippen LogP) is 0.671. The molecule has 0 aliphatic carbocycles. The van der Waals surface area contributed by atoms with Crippen LogP contribution < -0.4 is 10.5 Å². The Hall–Kier alpha value is -2.28. The SMILES string of the molecule is CN(c1ccncn1)C1CCN(Cc2ccnn(C)c2=O)CC1. The largest absolute Gasteiger partial charge is 0.356 e. The first-order valence-electron chi connectivity index (χ1n) is 7.87. The van der Waals surface area contributed by atoms with Crippen molar-refractivity contribution in [3.8, 4) is 0 Å². The first kappa shape index (κ1) is 15.6. The van der Waals surface area contributed by atoms with Crippen molar-refractivity contribution >= 4 is 5.82 Å². The molecule has 7 nitrogen and oxygen atoms in total. The molecule has 2 aromatic rings. The monoisotopic (exact) mass is 314 g/mol. The lowest BCUT2D eigenvalue weighted by Gasteiger charge is -2.37. The molecule has 3 rings (SSSR count). The maximum absolute atomic E-state index is 12.1. The zero-order valence-corrected chi connectivity index (χ0v) is 13.6. The van der Waals surface area contributed by atoms with Crippen LogP contribution in [0, 0.1) is 0 Å². The van der Waals surface area contributed by atoms with Gasteiger partial charge in [0.25, 0.3) is 5.56 Å². The summed E-state index contributed by atoms with van der Waals surface area (Å²) in [5, 5.41) is 3.97. The maximum Gasteiger partial charge on any atom is 0.270 e. The summed E-state index contributed by atoms with van der Waals surface area (Å²) in [5.74, 6) is 0.960. The summed E-state index contributed by atoms with van der Waals surface area (Å²) in [6.07, 6.45) is 7.16. The molecule has 0 saturated carbocycles. The number of nitrogens with zero attached hydrogens (tertiary/aromatic N) is 6. The van der Waals surface area contributed by atoms with Gasteiger partial charge in [0.1, 0.15) is 12.1 Å². The number of likely N-dealkylation sites (tertiary alicyclic amines) is 1. The molecule has 0 aromatic carbocycles. The molecule has 1 saturated heterocycles. The van der Waals surface area contributed by atoms with Gasteiger partial charge in [0, 0.05) is 57.7 Å². The molecule has 1 aliphatic rings. The van der Waals surface area contributed by atoms with Crippen molar-refractivity contribution in [2.24, 2.45) is 7.05 Å². The molecule has 0 radical (unpaired) electrons. The van der Waals surface area contributed by atoms with Crippen LogP contribution in [0.15, 0.2) is 35.6 Å². The van der Waals surface area contributed by atoms with E-state index in [0.717, 1.165) is 37.3 Å². The second-order valence-electron chi connectivity index (χ2n) is 5.97. The third-order valence-corrected chi connectivity index (χ3v) is 4.51. The number of aromatic nitrogens is 4. The van der Waals surface area contributed by atoms with Gasteiger partial charge in [0.05, 0.1) is 0 Å². The molecular weight excluding hydrogens is 292 g/mol. The fraction of sp³-hybridized carbons (Fsp3) is 0.500. The van der Waals surface area contributed by atoms with Crippen LogP contribution in [0.2, 0.25) is 0 Å². The molecular formula is C16H22N6O. The summed E-state index contributed by atoms with van der Waals surface area (Å²) in [6.45, 7) is 2.65. The summed E-state index contributed by atoms with van der Waals surface area (Å²) in [4.78, 5) is 24.9. The van der Waals surface area contributed by atoms with Crippen molar-refractivity contribution in [2.45, 2.75) is 25.4 Å². The minimum atomic E-state index is -0.00673. The van der Waals surface area contributed by atoms with E-state index in [4.69, 9.17) is 0 Å². The third-order valence-electron chi connectivity index (χ3n) is 4.51. The lowest BCUT2D eigenvalue weighted by Crippen LogP contribution is -2.44. The zero-order valence-electron chi connectivity index (χ0n) is 13.6. The van der Waals surface area contributed by atoms with E-state index in [2.05, 4.69) is 31.9 Å². The van der Waals surface area contributed by atoms with Gasteiger partial charge in [-0.15, -0.1) is 0 Å². The predicted molar refractivity (Wildman–Crippen MR) is 88.2 cm³/mol. The summed E-state index contributed by atoms with van der Waals surface area (Å²) >= 11 is 0. The summed E-state index contributed by atoms with van der Waals surface area (Å²) in [7, 11) is 3.77. The fourth-order valence-corrected chi connectivity index (χ4v) is 3.06. The van der Waals surface area contributed by atoms with Crippen LogP contribution in [0.3, 0.4) is 0 Å². The molecule has 122 valence electrons. The van der Waals surface area contributed by atoms with E-state index in [-0.39, 0.29) is 5.56 Å². The highest BCUT2D eigenvalue weighted by atomic mass is 16.1. The summed E-state index contributed by atoms with van der Waals surface area (Å²) in [6, 6.07) is 4.23. The molecule has 3 heterocycles. The van der Waals surface area contributed by atoms with E-state index in [0.29, 0.717) is 12.6 Å². The van der Waals surface area contributed by atoms with Gasteiger partial charge in [-0.3, -0.25) is 9.69 Å². The van der Waals surface area contributed by atoms with Crippen LogP contribution in [-0.2, 0) is 13.6 Å². The highest BCUT2D eigenvalue weighted by molar-refractivity contribution is 5.36. The molecule has 7 heteroatoms. The molecule has 0 spiro atoms. The Morgan fingerprint density at radius 3 is 2.74 bits per heavy atom. The molecule has 0 atom stereocenters. The fourth-order valence-electron chi connectivity index (χ4n) is 3.06. The van der Waals surface area contributed by atoms with Crippen LogP contribution in [0.1, 0.15) is 18.4 Å². The Balaban J connectivity index is 1.58. The van der Waals surface area contributed by atoms with Gasteiger partial charge >= 0.3 is 0 Å². The van der Waals surface area contributed by atoms with Gasteiger partial charge in [-0.25, -0.2) is 14.6 Å². The minimum absolute atomic E-state index is 0.00673. The number of hydrogen-bond acceptors (Lipinski definition) is 6. The smallest absolute Gasteiger partial charge is 0.270 e. The zero-order chi connectivity index (χ0) is 16.2. The van der Waals surface area contributed by atoms with Crippen molar-refractivity contribution in [3.05, 3.63) is 46.8 Å². The van der Waals surface area contributed by atoms with Gasteiger partial charge in [-0.2, -0.15) is 5.10 Å². The normalized spacial score (nSPS) is 16.4. The third kappa shape index (κ3) is 3.56. The Kier molecular flexibility index (Phi) is 4.66. The lowest BCUT2D eigenvalue weighted by atomic mass is 10.0. The molecule has 0 amide bonds. The van der Waals surface area contributed by atoms with E-state index >= 15 is 0 Å². The first-order valence-corrected chi connectivity index (χ1v) is 7.87. The van der Waals surface area contributed by atoms with Crippen molar-refractivity contribution in [2.75, 3.05) is 25.0 Å². The van der Waals surface area contributed by atoms with Crippen LogP contribution in [0.4, 0.5) is 5.82 Å². The van der Waals surface area contributed by atoms with E-state index in [1.165, 1.54) is 4.68 Å². The average molecular weight is 314 g/mol. The number of piperidine rings is 1. The molecule has 1 fully saturated rings. The molecule has 0 unspecified atom stereocenters. The average Bonchev–Trinajstić information content (AvgIpc) is 2.60. The minimum Gasteiger partial charge on any atom is -0.356 e.